The van der Waals surface area contributed by atoms with Crippen molar-refractivity contribution < 1.29 is 44.6 Å². The fraction of sp³-hybridized carbons (Fsp3) is 0.571. The zero-order valence-corrected chi connectivity index (χ0v) is 34.0. The number of fused-ring (bicyclic) bond motifs is 5. The van der Waals surface area contributed by atoms with Crippen molar-refractivity contribution in [1.29, 1.82) is 0 Å². The van der Waals surface area contributed by atoms with E-state index in [1.54, 1.807) is 43.3 Å². The van der Waals surface area contributed by atoms with E-state index in [4.69, 9.17) is 30.4 Å². The van der Waals surface area contributed by atoms with Crippen LogP contribution >= 0.6 is 21.6 Å². The molecule has 58 heavy (non-hydrogen) atoms. The first-order chi connectivity index (χ1) is 27.8. The standard InChI is InChI=1S/C42H52N4O10S2/c1-39(51)15-6-9-25-27-31(54-23-7-2-3-8-23)28-30(48)26-24(21-10-12-22(46-53)13-11-21)14-18-42(52)36(26)56-33(28)29(32(27)55-35(25)39)34(37(49)50)58-57-20-41(19-47,45-38(43)44)40(42)16-4-5-17-40/h10-14,18,23-25,34-35,37,46-47,49-53H,2-9,15-17,19-20H2,1H3,(H4,43,44,45)/t24-,25-,34+,35+,39+,41+,42-/m1/s1. The van der Waals surface area contributed by atoms with Gasteiger partial charge in [0.15, 0.2) is 12.2 Å². The van der Waals surface area contributed by atoms with Crippen LogP contribution in [0, 0.1) is 5.41 Å². The van der Waals surface area contributed by atoms with E-state index in [9.17, 15) is 30.7 Å². The number of aliphatic imine (C=N–C) groups is 1. The molecule has 2 aliphatic heterocycles. The van der Waals surface area contributed by atoms with Crippen LogP contribution in [0.1, 0.15) is 123 Å². The second-order valence-corrected chi connectivity index (χ2v) is 19.8. The molecule has 0 radical (unpaired) electrons. The molecule has 312 valence electrons. The molecule has 16 heteroatoms. The molecule has 3 saturated carbocycles. The Morgan fingerprint density at radius 3 is 2.40 bits per heavy atom. The van der Waals surface area contributed by atoms with Crippen molar-refractivity contribution in [3.05, 3.63) is 74.7 Å². The van der Waals surface area contributed by atoms with Crippen LogP contribution in [-0.4, -0.2) is 78.7 Å². The molecule has 2 bridgehead atoms. The van der Waals surface area contributed by atoms with E-state index in [1.165, 1.54) is 10.8 Å². The minimum absolute atomic E-state index is 0.00113. The lowest BCUT2D eigenvalue weighted by Crippen LogP contribution is -2.62. The summed E-state index contributed by atoms with van der Waals surface area (Å²) in [4.78, 5) is 20.8. The van der Waals surface area contributed by atoms with Gasteiger partial charge in [0.05, 0.1) is 40.4 Å². The summed E-state index contributed by atoms with van der Waals surface area (Å²) in [5, 5.41) is 68.2. The number of guanidine groups is 1. The molecule has 7 atom stereocenters. The van der Waals surface area contributed by atoms with Crippen molar-refractivity contribution in [2.24, 2.45) is 21.9 Å². The predicted octanol–water partition coefficient (Wildman–Crippen LogP) is 4.90. The van der Waals surface area contributed by atoms with Gasteiger partial charge in [-0.15, -0.1) is 0 Å². The Morgan fingerprint density at radius 1 is 1.02 bits per heavy atom. The normalized spacial score (nSPS) is 32.6. The number of ether oxygens (including phenoxy) is 2. The average molecular weight is 837 g/mol. The van der Waals surface area contributed by atoms with Crippen molar-refractivity contribution >= 4 is 44.2 Å². The number of allylic oxidation sites excluding steroid dienone is 1. The molecule has 1 spiro atoms. The van der Waals surface area contributed by atoms with Crippen molar-refractivity contribution in [2.75, 3.05) is 17.8 Å². The molecule has 1 aromatic heterocycles. The lowest BCUT2D eigenvalue weighted by molar-refractivity contribution is -0.114. The summed E-state index contributed by atoms with van der Waals surface area (Å²) in [5.41, 5.74) is 9.89. The monoisotopic (exact) mass is 836 g/mol. The first-order valence-electron chi connectivity index (χ1n) is 20.3. The van der Waals surface area contributed by atoms with Gasteiger partial charge in [0.1, 0.15) is 45.5 Å². The highest BCUT2D eigenvalue weighted by atomic mass is 33.1. The van der Waals surface area contributed by atoms with E-state index < -0.39 is 57.8 Å². The SMILES string of the molecule is C[C@]1(O)CCC[C@@H]2c3c(c4c5oc6c(c(=O)c5c3OC3CCCC3)[C@@H](c3ccc(NO)cc3)C=C[C@]6(O)C3(CCCC3)[C@@](CO)(N=C(N)N)CSS[C@@H]4C(O)O)O[C@@H]21. The predicted molar refractivity (Wildman–Crippen MR) is 221 cm³/mol. The first-order valence-corrected chi connectivity index (χ1v) is 22.7. The van der Waals surface area contributed by atoms with Crippen molar-refractivity contribution in [3.63, 3.8) is 0 Å². The van der Waals surface area contributed by atoms with E-state index in [0.717, 1.165) is 36.5 Å². The topological polar surface area (TPSA) is 246 Å². The number of aliphatic hydroxyl groups is 5. The van der Waals surface area contributed by atoms with Gasteiger partial charge in [-0.3, -0.25) is 15.5 Å². The number of anilines is 1. The van der Waals surface area contributed by atoms with Gasteiger partial charge in [-0.05, 0) is 88.5 Å². The molecule has 14 nitrogen and oxygen atoms in total. The average Bonchev–Trinajstić information content (AvgIpc) is 3.99. The third kappa shape index (κ3) is 5.84. The van der Waals surface area contributed by atoms with Crippen LogP contribution in [0.5, 0.6) is 11.5 Å². The van der Waals surface area contributed by atoms with Crippen LogP contribution in [0.15, 0.2) is 50.6 Å². The number of benzene rings is 2. The van der Waals surface area contributed by atoms with Gasteiger partial charge < -0.3 is 50.9 Å². The number of nitrogens with one attached hydrogen (secondary N) is 1. The Balaban J connectivity index is 1.44. The van der Waals surface area contributed by atoms with Crippen LogP contribution in [0.25, 0.3) is 11.0 Å². The Hall–Kier alpha value is -3.48. The zero-order chi connectivity index (χ0) is 40.8. The van der Waals surface area contributed by atoms with Crippen LogP contribution in [0.3, 0.4) is 0 Å². The third-order valence-corrected chi connectivity index (χ3v) is 16.8. The Labute approximate surface area is 343 Å². The minimum Gasteiger partial charge on any atom is -0.489 e. The van der Waals surface area contributed by atoms with E-state index in [-0.39, 0.29) is 57.3 Å². The highest BCUT2D eigenvalue weighted by molar-refractivity contribution is 8.76. The van der Waals surface area contributed by atoms with Crippen LogP contribution in [-0.2, 0) is 5.60 Å². The van der Waals surface area contributed by atoms with E-state index >= 15 is 4.79 Å². The summed E-state index contributed by atoms with van der Waals surface area (Å²) in [7, 11) is 2.32. The molecular weight excluding hydrogens is 785 g/mol. The number of hydrogen-bond donors (Lipinski definition) is 9. The summed E-state index contributed by atoms with van der Waals surface area (Å²) >= 11 is 0. The molecule has 2 aromatic carbocycles. The maximum Gasteiger partial charge on any atom is 0.201 e. The molecule has 0 unspecified atom stereocenters. The van der Waals surface area contributed by atoms with Crippen molar-refractivity contribution in [1.82, 2.24) is 0 Å². The Kier molecular flexibility index (Phi) is 10.1. The minimum atomic E-state index is -2.07. The maximum atomic E-state index is 16.0. The highest BCUT2D eigenvalue weighted by Gasteiger charge is 2.66. The number of nitrogens with two attached hydrogens (primary N) is 2. The van der Waals surface area contributed by atoms with Gasteiger partial charge in [0.2, 0.25) is 5.43 Å². The van der Waals surface area contributed by atoms with Gasteiger partial charge >= 0.3 is 0 Å². The number of nitrogens with zero attached hydrogens (tertiary/aromatic N) is 1. The fourth-order valence-corrected chi connectivity index (χ4v) is 14.3. The van der Waals surface area contributed by atoms with Crippen LogP contribution in [0.4, 0.5) is 5.69 Å². The van der Waals surface area contributed by atoms with Gasteiger partial charge in [0.25, 0.3) is 0 Å². The first kappa shape index (κ1) is 40.0. The molecule has 9 rings (SSSR count). The van der Waals surface area contributed by atoms with Gasteiger partial charge in [-0.1, -0.05) is 52.6 Å². The quantitative estimate of drug-likeness (QED) is 0.0384. The smallest absolute Gasteiger partial charge is 0.201 e. The molecule has 3 heterocycles. The van der Waals surface area contributed by atoms with E-state index in [1.807, 2.05) is 0 Å². The molecule has 3 fully saturated rings. The molecule has 6 aliphatic rings. The van der Waals surface area contributed by atoms with Gasteiger partial charge in [0, 0.05) is 28.6 Å². The zero-order valence-electron chi connectivity index (χ0n) is 32.4. The second-order valence-electron chi connectivity index (χ2n) is 17.3. The lowest BCUT2D eigenvalue weighted by Gasteiger charge is -2.54. The lowest BCUT2D eigenvalue weighted by atomic mass is 9.56. The molecule has 3 aromatic rings. The van der Waals surface area contributed by atoms with E-state index in [0.29, 0.717) is 67.5 Å². The molecule has 11 N–H and O–H groups in total. The number of hydrogen-bond acceptors (Lipinski definition) is 14. The van der Waals surface area contributed by atoms with Gasteiger partial charge in [-0.25, -0.2) is 4.99 Å². The summed E-state index contributed by atoms with van der Waals surface area (Å²) in [6.45, 7) is 1.17. The van der Waals surface area contributed by atoms with Gasteiger partial charge in [-0.2, -0.15) is 0 Å². The Bertz CT molecular complexity index is 2210. The summed E-state index contributed by atoms with van der Waals surface area (Å²) in [5.74, 6) is -0.877. The van der Waals surface area contributed by atoms with Crippen molar-refractivity contribution in [3.8, 4) is 11.5 Å². The molecule has 0 amide bonds. The van der Waals surface area contributed by atoms with E-state index in [2.05, 4.69) is 5.48 Å². The van der Waals surface area contributed by atoms with Crippen LogP contribution < -0.4 is 31.8 Å². The largest absolute Gasteiger partial charge is 0.489 e. The molecular formula is C42H52N4O10S2. The summed E-state index contributed by atoms with van der Waals surface area (Å²) < 4.78 is 21.0. The maximum absolute atomic E-state index is 16.0. The molecule has 0 saturated heterocycles. The number of aliphatic hydroxyl groups excluding tert-OH is 2. The Morgan fingerprint density at radius 2 is 1.74 bits per heavy atom. The highest BCUT2D eigenvalue weighted by Crippen LogP contribution is 2.66. The fourth-order valence-electron chi connectivity index (χ4n) is 11.3. The molecule has 4 aliphatic carbocycles. The second kappa shape index (κ2) is 14.6. The third-order valence-electron chi connectivity index (χ3n) is 14.0. The van der Waals surface area contributed by atoms with Crippen LogP contribution in [0.2, 0.25) is 0 Å². The van der Waals surface area contributed by atoms with Crippen molar-refractivity contribution in [2.45, 2.75) is 130 Å². The summed E-state index contributed by atoms with van der Waals surface area (Å²) in [6, 6.07) is 6.91. The number of rotatable bonds is 7. The summed E-state index contributed by atoms with van der Waals surface area (Å²) in [6.07, 6.45) is 7.83.